The quantitative estimate of drug-likeness (QED) is 0.546. The Bertz CT molecular complexity index is 402. The van der Waals surface area contributed by atoms with Crippen molar-refractivity contribution in [3.63, 3.8) is 0 Å². The minimum atomic E-state index is -5.36. The van der Waals surface area contributed by atoms with E-state index in [1.165, 1.54) is 18.2 Å². The maximum absolute atomic E-state index is 12.3. The van der Waals surface area contributed by atoms with Gasteiger partial charge < -0.3 is 0 Å². The molecular formula is C12H11F6-. The van der Waals surface area contributed by atoms with Crippen LogP contribution in [0.4, 0.5) is 26.3 Å². The second-order valence-corrected chi connectivity index (χ2v) is 4.07. The van der Waals surface area contributed by atoms with E-state index in [-0.39, 0.29) is 5.56 Å². The van der Waals surface area contributed by atoms with Crippen molar-refractivity contribution in [1.29, 1.82) is 0 Å². The lowest BCUT2D eigenvalue weighted by atomic mass is 9.96. The lowest BCUT2D eigenvalue weighted by Gasteiger charge is -2.35. The minimum absolute atomic E-state index is 0.00255. The van der Waals surface area contributed by atoms with Gasteiger partial charge in [-0.2, -0.15) is 0 Å². The fourth-order valence-corrected chi connectivity index (χ4v) is 1.48. The predicted octanol–water partition coefficient (Wildman–Crippen LogP) is 4.55. The third-order valence-electron chi connectivity index (χ3n) is 2.64. The van der Waals surface area contributed by atoms with Crippen LogP contribution in [0.3, 0.4) is 0 Å². The van der Waals surface area contributed by atoms with Gasteiger partial charge in [0.1, 0.15) is 0 Å². The predicted molar refractivity (Wildman–Crippen MR) is 55.0 cm³/mol. The van der Waals surface area contributed by atoms with Gasteiger partial charge in [0.05, 0.1) is 0 Å². The summed E-state index contributed by atoms with van der Waals surface area (Å²) in [6.45, 7) is 3.37. The molecule has 0 aliphatic carbocycles. The summed E-state index contributed by atoms with van der Waals surface area (Å²) in [4.78, 5) is 0. The van der Waals surface area contributed by atoms with E-state index in [1.807, 2.05) is 0 Å². The Kier molecular flexibility index (Phi) is 3.98. The van der Waals surface area contributed by atoms with Crippen molar-refractivity contribution in [2.45, 2.75) is 32.6 Å². The van der Waals surface area contributed by atoms with Gasteiger partial charge in [-0.15, -0.1) is 12.3 Å². The molecule has 0 radical (unpaired) electrons. The van der Waals surface area contributed by atoms with E-state index in [4.69, 9.17) is 0 Å². The van der Waals surface area contributed by atoms with Crippen molar-refractivity contribution in [3.8, 4) is 0 Å². The SMILES string of the molecule is Cc1ccc(C[C-](C(F)(F)F)C(F)(F)F)cc1C. The summed E-state index contributed by atoms with van der Waals surface area (Å²) in [5.74, 6) is -2.38. The maximum atomic E-state index is 12.3. The monoisotopic (exact) mass is 269 g/mol. The zero-order valence-corrected chi connectivity index (χ0v) is 9.71. The first-order valence-electron chi connectivity index (χ1n) is 5.08. The van der Waals surface area contributed by atoms with E-state index < -0.39 is 24.7 Å². The van der Waals surface area contributed by atoms with Crippen LogP contribution in [0.5, 0.6) is 0 Å². The van der Waals surface area contributed by atoms with Gasteiger partial charge in [-0.3, -0.25) is 0 Å². The van der Waals surface area contributed by atoms with Crippen LogP contribution in [0.1, 0.15) is 16.7 Å². The number of halogens is 6. The largest absolute Gasteiger partial charge is 0.280 e. The lowest BCUT2D eigenvalue weighted by molar-refractivity contribution is -0.205. The molecule has 0 heterocycles. The zero-order chi connectivity index (χ0) is 14.1. The summed E-state index contributed by atoms with van der Waals surface area (Å²) in [5.41, 5.74) is 1.48. The number of alkyl halides is 6. The minimum Gasteiger partial charge on any atom is -0.206 e. The summed E-state index contributed by atoms with van der Waals surface area (Å²) in [5, 5.41) is 0. The Morgan fingerprint density at radius 3 is 1.78 bits per heavy atom. The van der Waals surface area contributed by atoms with Crippen LogP contribution < -0.4 is 0 Å². The van der Waals surface area contributed by atoms with Crippen LogP contribution in [0.2, 0.25) is 0 Å². The van der Waals surface area contributed by atoms with E-state index in [0.717, 1.165) is 5.56 Å². The average molecular weight is 269 g/mol. The van der Waals surface area contributed by atoms with Gasteiger partial charge in [0.2, 0.25) is 0 Å². The molecule has 102 valence electrons. The van der Waals surface area contributed by atoms with Crippen LogP contribution in [0.15, 0.2) is 18.2 Å². The highest BCUT2D eigenvalue weighted by Gasteiger charge is 2.42. The van der Waals surface area contributed by atoms with Crippen LogP contribution in [0.25, 0.3) is 0 Å². The molecule has 18 heavy (non-hydrogen) atoms. The molecule has 0 aliphatic rings. The van der Waals surface area contributed by atoms with Gasteiger partial charge in [-0.05, 0) is 25.0 Å². The first kappa shape index (κ1) is 14.9. The second kappa shape index (κ2) is 4.82. The van der Waals surface area contributed by atoms with Crippen LogP contribution >= 0.6 is 0 Å². The number of benzene rings is 1. The highest BCUT2D eigenvalue weighted by Crippen LogP contribution is 2.43. The highest BCUT2D eigenvalue weighted by molar-refractivity contribution is 5.32. The number of hydrogen-bond acceptors (Lipinski definition) is 0. The molecule has 0 saturated carbocycles. The van der Waals surface area contributed by atoms with Gasteiger partial charge in [0.15, 0.2) is 0 Å². The molecule has 1 aromatic rings. The molecule has 0 nitrogen and oxygen atoms in total. The number of hydrogen-bond donors (Lipinski definition) is 0. The molecule has 0 atom stereocenters. The summed E-state index contributed by atoms with van der Waals surface area (Å²) >= 11 is 0. The van der Waals surface area contributed by atoms with Crippen molar-refractivity contribution in [2.75, 3.05) is 0 Å². The molecule has 0 aromatic heterocycles. The van der Waals surface area contributed by atoms with E-state index in [2.05, 4.69) is 0 Å². The number of rotatable bonds is 2. The normalized spacial score (nSPS) is 13.2. The van der Waals surface area contributed by atoms with Gasteiger partial charge in [-0.25, -0.2) is 26.3 Å². The Morgan fingerprint density at radius 1 is 0.889 bits per heavy atom. The van der Waals surface area contributed by atoms with Crippen molar-refractivity contribution in [2.24, 2.45) is 0 Å². The Labute approximate surface area is 101 Å². The molecule has 6 heteroatoms. The zero-order valence-electron chi connectivity index (χ0n) is 9.71. The lowest BCUT2D eigenvalue weighted by Crippen LogP contribution is -2.35. The van der Waals surface area contributed by atoms with E-state index in [1.54, 1.807) is 13.8 Å². The van der Waals surface area contributed by atoms with E-state index in [0.29, 0.717) is 5.56 Å². The highest BCUT2D eigenvalue weighted by atomic mass is 19.4. The fourth-order valence-electron chi connectivity index (χ4n) is 1.48. The molecule has 1 aromatic carbocycles. The fraction of sp³-hybridized carbons (Fsp3) is 0.417. The van der Waals surface area contributed by atoms with Gasteiger partial charge in [-0.1, -0.05) is 23.8 Å². The van der Waals surface area contributed by atoms with Gasteiger partial charge >= 0.3 is 0 Å². The summed E-state index contributed by atoms with van der Waals surface area (Å²) in [6, 6.07) is 4.13. The van der Waals surface area contributed by atoms with Crippen LogP contribution in [-0.4, -0.2) is 12.4 Å². The number of aryl methyl sites for hydroxylation is 2. The summed E-state index contributed by atoms with van der Waals surface area (Å²) in [6.07, 6.45) is -11.9. The molecule has 0 bridgehead atoms. The molecule has 0 amide bonds. The van der Waals surface area contributed by atoms with Crippen molar-refractivity contribution in [1.82, 2.24) is 0 Å². The van der Waals surface area contributed by atoms with Gasteiger partial charge in [0, 0.05) is 0 Å². The topological polar surface area (TPSA) is 0 Å². The Balaban J connectivity index is 3.01. The smallest absolute Gasteiger partial charge is 0.206 e. The average Bonchev–Trinajstić information content (AvgIpc) is 2.16. The Morgan fingerprint density at radius 2 is 1.39 bits per heavy atom. The molecule has 0 unspecified atom stereocenters. The molecule has 0 saturated heterocycles. The first-order chi connectivity index (χ1) is 8.01. The van der Waals surface area contributed by atoms with Crippen LogP contribution in [0, 0.1) is 19.8 Å². The standard InChI is InChI=1S/C12H11F6/c1-7-3-4-9(5-8(7)2)6-10(11(13,14)15)12(16,17)18/h3-5H,6H2,1-2H3/q-1. The van der Waals surface area contributed by atoms with Crippen molar-refractivity contribution >= 4 is 0 Å². The molecular weight excluding hydrogens is 258 g/mol. The first-order valence-corrected chi connectivity index (χ1v) is 5.08. The van der Waals surface area contributed by atoms with Gasteiger partial charge in [0.25, 0.3) is 12.4 Å². The molecule has 1 rings (SSSR count). The van der Waals surface area contributed by atoms with Crippen molar-refractivity contribution in [3.05, 3.63) is 40.8 Å². The second-order valence-electron chi connectivity index (χ2n) is 4.07. The van der Waals surface area contributed by atoms with E-state index in [9.17, 15) is 26.3 Å². The molecule has 0 aliphatic heterocycles. The Hall–Kier alpha value is -1.20. The third-order valence-corrected chi connectivity index (χ3v) is 2.64. The third kappa shape index (κ3) is 3.65. The van der Waals surface area contributed by atoms with Crippen molar-refractivity contribution < 1.29 is 26.3 Å². The maximum Gasteiger partial charge on any atom is 0.280 e. The molecule has 0 fully saturated rings. The van der Waals surface area contributed by atoms with Crippen LogP contribution in [-0.2, 0) is 6.42 Å². The summed E-state index contributed by atoms with van der Waals surface area (Å²) in [7, 11) is 0. The van der Waals surface area contributed by atoms with E-state index >= 15 is 0 Å². The molecule has 0 N–H and O–H groups in total. The molecule has 0 spiro atoms. The summed E-state index contributed by atoms with van der Waals surface area (Å²) < 4.78 is 73.9.